The summed E-state index contributed by atoms with van der Waals surface area (Å²) >= 11 is 0. The van der Waals surface area contributed by atoms with Gasteiger partial charge < -0.3 is 9.80 Å². The van der Waals surface area contributed by atoms with Gasteiger partial charge in [-0.05, 0) is 37.8 Å². The summed E-state index contributed by atoms with van der Waals surface area (Å²) in [6.45, 7) is 1.71. The molecule has 0 N–H and O–H groups in total. The highest BCUT2D eigenvalue weighted by atomic mass is 19.3. The van der Waals surface area contributed by atoms with E-state index in [-0.39, 0.29) is 37.8 Å². The van der Waals surface area contributed by atoms with E-state index in [0.717, 1.165) is 49.5 Å². The van der Waals surface area contributed by atoms with Crippen LogP contribution in [0.2, 0.25) is 0 Å². The van der Waals surface area contributed by atoms with Crippen molar-refractivity contribution in [3.63, 3.8) is 0 Å². The number of anilines is 1. The molecule has 28 heavy (non-hydrogen) atoms. The number of hydrogen-bond acceptors (Lipinski definition) is 5. The molecule has 1 aliphatic carbocycles. The Labute approximate surface area is 161 Å². The van der Waals surface area contributed by atoms with Crippen molar-refractivity contribution in [3.05, 3.63) is 18.0 Å². The standard InChI is InChI=1S/C19H24F2N6O/c20-19(21)7-10-25(11-8-19)18(28)14-2-1-9-26(12-14)16-6-5-15-22-23-17(13-3-4-13)27(15)24-16/h5-6,13-14H,1-4,7-12H2. The lowest BCUT2D eigenvalue weighted by Crippen LogP contribution is -2.49. The van der Waals surface area contributed by atoms with Gasteiger partial charge in [-0.25, -0.2) is 8.78 Å². The number of carbonyl (C=O) groups excluding carboxylic acids is 1. The van der Waals surface area contributed by atoms with E-state index < -0.39 is 5.92 Å². The Hall–Kier alpha value is -2.32. The number of aromatic nitrogens is 4. The second-order valence-electron chi connectivity index (χ2n) is 8.26. The summed E-state index contributed by atoms with van der Waals surface area (Å²) in [5.41, 5.74) is 0.740. The number of alkyl halides is 2. The minimum absolute atomic E-state index is 0.00393. The molecule has 1 unspecified atom stereocenters. The monoisotopic (exact) mass is 390 g/mol. The van der Waals surface area contributed by atoms with Crippen LogP contribution in [0.25, 0.3) is 5.65 Å². The third-order valence-electron chi connectivity index (χ3n) is 6.12. The van der Waals surface area contributed by atoms with E-state index in [9.17, 15) is 13.6 Å². The van der Waals surface area contributed by atoms with Crippen LogP contribution in [0.4, 0.5) is 14.6 Å². The minimum atomic E-state index is -2.63. The normalized spacial score (nSPS) is 25.3. The highest BCUT2D eigenvalue weighted by molar-refractivity contribution is 5.80. The van der Waals surface area contributed by atoms with Gasteiger partial charge in [0.25, 0.3) is 5.92 Å². The SMILES string of the molecule is O=C(C1CCCN(c2ccc3nnc(C4CC4)n3n2)C1)N1CCC(F)(F)CC1. The fourth-order valence-electron chi connectivity index (χ4n) is 4.26. The van der Waals surface area contributed by atoms with Gasteiger partial charge in [0.2, 0.25) is 5.91 Å². The van der Waals surface area contributed by atoms with Crippen LogP contribution in [-0.4, -0.2) is 62.7 Å². The second kappa shape index (κ2) is 6.63. The molecule has 0 radical (unpaired) electrons. The predicted octanol–water partition coefficient (Wildman–Crippen LogP) is 2.48. The van der Waals surface area contributed by atoms with Crippen molar-refractivity contribution in [3.8, 4) is 0 Å². The van der Waals surface area contributed by atoms with Gasteiger partial charge in [-0.15, -0.1) is 15.3 Å². The van der Waals surface area contributed by atoms with Crippen LogP contribution < -0.4 is 4.90 Å². The maximum absolute atomic E-state index is 13.4. The molecule has 9 heteroatoms. The molecule has 1 saturated carbocycles. The predicted molar refractivity (Wildman–Crippen MR) is 98.5 cm³/mol. The Morgan fingerprint density at radius 2 is 1.86 bits per heavy atom. The Bertz CT molecular complexity index is 886. The molecule has 3 fully saturated rings. The highest BCUT2D eigenvalue weighted by Crippen LogP contribution is 2.39. The van der Waals surface area contributed by atoms with E-state index in [4.69, 9.17) is 5.10 Å². The molecule has 5 rings (SSSR count). The molecule has 1 atom stereocenters. The third-order valence-corrected chi connectivity index (χ3v) is 6.12. The fraction of sp³-hybridized carbons (Fsp3) is 0.684. The van der Waals surface area contributed by atoms with Gasteiger partial charge in [0, 0.05) is 44.9 Å². The van der Waals surface area contributed by atoms with Crippen LogP contribution in [0.5, 0.6) is 0 Å². The molecule has 2 aromatic heterocycles. The summed E-state index contributed by atoms with van der Waals surface area (Å²) in [5.74, 6) is -0.614. The first kappa shape index (κ1) is 17.8. The van der Waals surface area contributed by atoms with Crippen molar-refractivity contribution < 1.29 is 13.6 Å². The van der Waals surface area contributed by atoms with E-state index in [0.29, 0.717) is 12.5 Å². The summed E-state index contributed by atoms with van der Waals surface area (Å²) in [7, 11) is 0. The fourth-order valence-corrected chi connectivity index (χ4v) is 4.26. The van der Waals surface area contributed by atoms with Crippen LogP contribution in [0.1, 0.15) is 50.3 Å². The molecule has 1 amide bonds. The van der Waals surface area contributed by atoms with E-state index >= 15 is 0 Å². The minimum Gasteiger partial charge on any atom is -0.354 e. The van der Waals surface area contributed by atoms with Gasteiger partial charge in [0.05, 0.1) is 5.92 Å². The number of rotatable bonds is 3. The molecule has 0 spiro atoms. The first-order valence-electron chi connectivity index (χ1n) is 10.1. The summed E-state index contributed by atoms with van der Waals surface area (Å²) in [4.78, 5) is 16.6. The Balaban J connectivity index is 1.31. The average molecular weight is 390 g/mol. The van der Waals surface area contributed by atoms with Gasteiger partial charge in [0.15, 0.2) is 11.5 Å². The molecule has 3 aliphatic rings. The Morgan fingerprint density at radius 3 is 2.61 bits per heavy atom. The van der Waals surface area contributed by atoms with Gasteiger partial charge >= 0.3 is 0 Å². The van der Waals surface area contributed by atoms with E-state index in [2.05, 4.69) is 15.1 Å². The van der Waals surface area contributed by atoms with Gasteiger partial charge in [-0.2, -0.15) is 4.52 Å². The molecule has 150 valence electrons. The molecule has 0 bridgehead atoms. The van der Waals surface area contributed by atoms with Crippen LogP contribution in [-0.2, 0) is 4.79 Å². The largest absolute Gasteiger partial charge is 0.354 e. The quantitative estimate of drug-likeness (QED) is 0.806. The van der Waals surface area contributed by atoms with Crippen molar-refractivity contribution in [1.29, 1.82) is 0 Å². The van der Waals surface area contributed by atoms with Crippen molar-refractivity contribution in [2.75, 3.05) is 31.1 Å². The molecule has 7 nitrogen and oxygen atoms in total. The lowest BCUT2D eigenvalue weighted by molar-refractivity contribution is -0.141. The molecular formula is C19H24F2N6O. The first-order chi connectivity index (χ1) is 13.5. The molecule has 0 aromatic carbocycles. The van der Waals surface area contributed by atoms with E-state index in [1.54, 1.807) is 4.90 Å². The van der Waals surface area contributed by atoms with Crippen molar-refractivity contribution in [2.45, 2.75) is 50.4 Å². The van der Waals surface area contributed by atoms with Gasteiger partial charge in [-0.1, -0.05) is 0 Å². The number of amides is 1. The number of carbonyl (C=O) groups is 1. The molecule has 2 aromatic rings. The van der Waals surface area contributed by atoms with Crippen molar-refractivity contribution in [2.24, 2.45) is 5.92 Å². The van der Waals surface area contributed by atoms with Gasteiger partial charge in [0.1, 0.15) is 5.82 Å². The third kappa shape index (κ3) is 3.31. The Kier molecular flexibility index (Phi) is 4.21. The summed E-state index contributed by atoms with van der Waals surface area (Å²) in [6.07, 6.45) is 3.47. The number of hydrogen-bond donors (Lipinski definition) is 0. The summed E-state index contributed by atoms with van der Waals surface area (Å²) < 4.78 is 28.6. The zero-order chi connectivity index (χ0) is 19.3. The molecular weight excluding hydrogens is 366 g/mol. The number of fused-ring (bicyclic) bond motifs is 1. The number of piperidine rings is 2. The van der Waals surface area contributed by atoms with Crippen molar-refractivity contribution in [1.82, 2.24) is 24.7 Å². The maximum Gasteiger partial charge on any atom is 0.251 e. The first-order valence-corrected chi connectivity index (χ1v) is 10.1. The number of likely N-dealkylation sites (tertiary alicyclic amines) is 1. The van der Waals surface area contributed by atoms with Gasteiger partial charge in [-0.3, -0.25) is 4.79 Å². The second-order valence-corrected chi connectivity index (χ2v) is 8.26. The van der Waals surface area contributed by atoms with E-state index in [1.807, 2.05) is 16.6 Å². The number of halogens is 2. The van der Waals surface area contributed by atoms with Crippen LogP contribution in [0, 0.1) is 5.92 Å². The van der Waals surface area contributed by atoms with Crippen LogP contribution in [0.3, 0.4) is 0 Å². The molecule has 4 heterocycles. The van der Waals surface area contributed by atoms with Crippen molar-refractivity contribution >= 4 is 17.4 Å². The van der Waals surface area contributed by atoms with Crippen LogP contribution >= 0.6 is 0 Å². The number of nitrogens with zero attached hydrogens (tertiary/aromatic N) is 6. The lowest BCUT2D eigenvalue weighted by Gasteiger charge is -2.38. The average Bonchev–Trinajstić information content (AvgIpc) is 3.46. The maximum atomic E-state index is 13.4. The van der Waals surface area contributed by atoms with E-state index in [1.165, 1.54) is 0 Å². The summed E-state index contributed by atoms with van der Waals surface area (Å²) in [5, 5.41) is 13.2. The Morgan fingerprint density at radius 1 is 1.07 bits per heavy atom. The topological polar surface area (TPSA) is 66.6 Å². The summed E-state index contributed by atoms with van der Waals surface area (Å²) in [6, 6.07) is 3.84. The zero-order valence-corrected chi connectivity index (χ0v) is 15.7. The zero-order valence-electron chi connectivity index (χ0n) is 15.7. The highest BCUT2D eigenvalue weighted by Gasteiger charge is 2.38. The molecule has 2 saturated heterocycles. The smallest absolute Gasteiger partial charge is 0.251 e. The molecule has 2 aliphatic heterocycles. The van der Waals surface area contributed by atoms with Crippen LogP contribution in [0.15, 0.2) is 12.1 Å². The lowest BCUT2D eigenvalue weighted by atomic mass is 9.95.